The van der Waals surface area contributed by atoms with Crippen LogP contribution in [-0.2, 0) is 52.3 Å². The van der Waals surface area contributed by atoms with Crippen molar-refractivity contribution in [3.8, 4) is 0 Å². The number of aliphatic hydroxyl groups is 8. The highest BCUT2D eigenvalue weighted by Gasteiger charge is 2.56. The molecule has 3 heterocycles. The molecule has 60 heavy (non-hydrogen) atoms. The second-order valence-corrected chi connectivity index (χ2v) is 16.5. The van der Waals surface area contributed by atoms with Crippen molar-refractivity contribution in [2.45, 2.75) is 229 Å². The van der Waals surface area contributed by atoms with Gasteiger partial charge in [-0.25, -0.2) is 0 Å². The van der Waals surface area contributed by atoms with Crippen molar-refractivity contribution in [1.29, 1.82) is 0 Å². The van der Waals surface area contributed by atoms with E-state index in [1.165, 1.54) is 27.7 Å². The fourth-order valence-electron chi connectivity index (χ4n) is 7.32. The summed E-state index contributed by atoms with van der Waals surface area (Å²) >= 11 is 0. The van der Waals surface area contributed by atoms with Gasteiger partial charge in [0, 0.05) is 13.3 Å². The van der Waals surface area contributed by atoms with Crippen molar-refractivity contribution < 1.29 is 93.1 Å². The average molecular weight is 869 g/mol. The summed E-state index contributed by atoms with van der Waals surface area (Å²) in [6.07, 6.45) is -15.1. The fourth-order valence-corrected chi connectivity index (χ4v) is 7.32. The summed E-state index contributed by atoms with van der Waals surface area (Å²) in [5, 5.41) is 84.9. The number of rotatable bonds is 24. The molecule has 3 rings (SSSR count). The van der Waals surface area contributed by atoms with Crippen LogP contribution in [0.2, 0.25) is 0 Å². The molecule has 0 aromatic carbocycles. The van der Waals surface area contributed by atoms with Gasteiger partial charge in [-0.1, -0.05) is 64.7 Å². The molecule has 0 aromatic rings. The first-order valence-corrected chi connectivity index (χ1v) is 21.6. The molecule has 0 aromatic heterocycles. The Morgan fingerprint density at radius 1 is 0.617 bits per heavy atom. The molecule has 3 aliphatic heterocycles. The van der Waals surface area contributed by atoms with Gasteiger partial charge in [0.1, 0.15) is 55.4 Å². The van der Waals surface area contributed by atoms with E-state index in [4.69, 9.17) is 37.9 Å². The number of ether oxygens (including phenoxy) is 8. The number of carbonyl (C=O) groups excluding carboxylic acids is 3. The molecule has 0 saturated carbocycles. The largest absolute Gasteiger partial charge is 0.463 e. The highest BCUT2D eigenvalue weighted by molar-refractivity contribution is 5.73. The first kappa shape index (κ1) is 52.2. The first-order valence-electron chi connectivity index (χ1n) is 21.6. The maximum Gasteiger partial charge on any atom is 0.311 e. The summed E-state index contributed by atoms with van der Waals surface area (Å²) in [5.41, 5.74) is 0. The van der Waals surface area contributed by atoms with Crippen molar-refractivity contribution >= 4 is 17.9 Å². The van der Waals surface area contributed by atoms with Crippen LogP contribution in [0.5, 0.6) is 0 Å². The summed E-state index contributed by atoms with van der Waals surface area (Å²) in [6.45, 7) is 8.40. The summed E-state index contributed by atoms with van der Waals surface area (Å²) in [6, 6.07) is 0. The predicted octanol–water partition coefficient (Wildman–Crippen LogP) is 0.624. The summed E-state index contributed by atoms with van der Waals surface area (Å²) < 4.78 is 45.9. The molecule has 0 spiro atoms. The second-order valence-electron chi connectivity index (χ2n) is 16.5. The lowest BCUT2D eigenvalue weighted by Gasteiger charge is -2.49. The van der Waals surface area contributed by atoms with E-state index in [1.54, 1.807) is 0 Å². The predicted molar refractivity (Wildman–Crippen MR) is 208 cm³/mol. The second kappa shape index (κ2) is 25.9. The third kappa shape index (κ3) is 15.6. The van der Waals surface area contributed by atoms with Crippen LogP contribution in [0.3, 0.4) is 0 Å². The minimum atomic E-state index is -1.95. The molecule has 3 fully saturated rings. The van der Waals surface area contributed by atoms with Crippen molar-refractivity contribution in [1.82, 2.24) is 0 Å². The van der Waals surface area contributed by atoms with E-state index in [-0.39, 0.29) is 12.5 Å². The monoisotopic (exact) mass is 868 g/mol. The number of hydrogen-bond donors (Lipinski definition) is 8. The number of esters is 3. The van der Waals surface area contributed by atoms with Crippen LogP contribution in [0.1, 0.15) is 125 Å². The zero-order chi connectivity index (χ0) is 44.7. The van der Waals surface area contributed by atoms with Crippen LogP contribution in [0.25, 0.3) is 0 Å². The molecule has 3 aliphatic rings. The van der Waals surface area contributed by atoms with Gasteiger partial charge in [-0.05, 0) is 47.0 Å². The van der Waals surface area contributed by atoms with E-state index in [0.29, 0.717) is 12.8 Å². The van der Waals surface area contributed by atoms with Crippen LogP contribution >= 0.6 is 0 Å². The van der Waals surface area contributed by atoms with Crippen LogP contribution in [0.15, 0.2) is 0 Å². The Morgan fingerprint density at radius 3 is 1.82 bits per heavy atom. The Kier molecular flexibility index (Phi) is 22.5. The third-order valence-corrected chi connectivity index (χ3v) is 11.4. The molecule has 0 amide bonds. The summed E-state index contributed by atoms with van der Waals surface area (Å²) in [4.78, 5) is 38.2. The minimum Gasteiger partial charge on any atom is -0.463 e. The Balaban J connectivity index is 1.81. The van der Waals surface area contributed by atoms with Gasteiger partial charge in [0.15, 0.2) is 31.1 Å². The Bertz CT molecular complexity index is 1270. The van der Waals surface area contributed by atoms with E-state index < -0.39 is 129 Å². The standard InChI is InChI=1S/C41H72O19/c1-7-8-14-17-26(44)18-15-12-10-9-11-13-16-19-28(45)57-37-36(60-40-33(50)31(48)29(46)23(4)54-40)34(58-38(51)21(2)22(3)42)24(5)55-41(37)59-35-32(49)30(47)27(56-39(35)52)20-53-25(6)43/h21-24,26-27,29-37,39-42,44,46-50,52H,7-20H2,1-6H3. The number of carbonyl (C=O) groups is 3. The van der Waals surface area contributed by atoms with E-state index in [2.05, 4.69) is 6.92 Å². The van der Waals surface area contributed by atoms with Crippen molar-refractivity contribution in [3.05, 3.63) is 0 Å². The highest BCUT2D eigenvalue weighted by atomic mass is 16.8. The van der Waals surface area contributed by atoms with Crippen molar-refractivity contribution in [2.24, 2.45) is 5.92 Å². The van der Waals surface area contributed by atoms with Gasteiger partial charge in [0.2, 0.25) is 0 Å². The van der Waals surface area contributed by atoms with Gasteiger partial charge >= 0.3 is 17.9 Å². The molecule has 0 bridgehead atoms. The smallest absolute Gasteiger partial charge is 0.311 e. The number of hydrogen-bond acceptors (Lipinski definition) is 19. The lowest BCUT2D eigenvalue weighted by molar-refractivity contribution is -0.379. The van der Waals surface area contributed by atoms with Crippen LogP contribution in [0.4, 0.5) is 0 Å². The normalized spacial score (nSPS) is 36.2. The lowest BCUT2D eigenvalue weighted by atomic mass is 9.96. The minimum absolute atomic E-state index is 0.0855. The van der Waals surface area contributed by atoms with Crippen molar-refractivity contribution in [3.63, 3.8) is 0 Å². The molecule has 19 nitrogen and oxygen atoms in total. The highest BCUT2D eigenvalue weighted by Crippen LogP contribution is 2.35. The van der Waals surface area contributed by atoms with Crippen LogP contribution < -0.4 is 0 Å². The average Bonchev–Trinajstić information content (AvgIpc) is 3.19. The fraction of sp³-hybridized carbons (Fsp3) is 0.927. The van der Waals surface area contributed by atoms with E-state index >= 15 is 0 Å². The molecule has 350 valence electrons. The van der Waals surface area contributed by atoms with Crippen LogP contribution in [-0.4, -0.2) is 170 Å². The molecule has 3 saturated heterocycles. The molecule has 8 N–H and O–H groups in total. The molecule has 0 radical (unpaired) electrons. The Hall–Kier alpha value is -2.11. The van der Waals surface area contributed by atoms with Crippen molar-refractivity contribution in [2.75, 3.05) is 6.61 Å². The third-order valence-electron chi connectivity index (χ3n) is 11.4. The maximum absolute atomic E-state index is 13.6. The first-order chi connectivity index (χ1) is 28.4. The van der Waals surface area contributed by atoms with Gasteiger partial charge in [-0.15, -0.1) is 0 Å². The van der Waals surface area contributed by atoms with Gasteiger partial charge in [0.05, 0.1) is 30.3 Å². The van der Waals surface area contributed by atoms with Gasteiger partial charge in [-0.3, -0.25) is 14.4 Å². The Morgan fingerprint density at radius 2 is 1.20 bits per heavy atom. The summed E-state index contributed by atoms with van der Waals surface area (Å²) in [5.74, 6) is -3.41. The van der Waals surface area contributed by atoms with Crippen LogP contribution in [0, 0.1) is 5.92 Å². The van der Waals surface area contributed by atoms with E-state index in [9.17, 15) is 55.2 Å². The van der Waals surface area contributed by atoms with E-state index in [0.717, 1.165) is 71.1 Å². The molecule has 18 unspecified atom stereocenters. The van der Waals surface area contributed by atoms with Gasteiger partial charge < -0.3 is 78.7 Å². The SMILES string of the molecule is CCCCCC(O)CCCCCCCCCC(=O)OC1C(OC2C(O)OC(COC(C)=O)C(O)C2O)OC(C)C(OC(=O)C(C)C(C)O)C1OC1OC(C)C(O)C(O)C1O. The zero-order valence-corrected chi connectivity index (χ0v) is 35.9. The molecule has 18 atom stereocenters. The Labute approximate surface area is 352 Å². The maximum atomic E-state index is 13.6. The summed E-state index contributed by atoms with van der Waals surface area (Å²) in [7, 11) is 0. The lowest BCUT2D eigenvalue weighted by Crippen LogP contribution is -2.67. The van der Waals surface area contributed by atoms with E-state index in [1.807, 2.05) is 0 Å². The molecule has 0 aliphatic carbocycles. The van der Waals surface area contributed by atoms with Gasteiger partial charge in [-0.2, -0.15) is 0 Å². The number of unbranched alkanes of at least 4 members (excludes halogenated alkanes) is 8. The molecular formula is C41H72O19. The zero-order valence-electron chi connectivity index (χ0n) is 35.9. The number of aliphatic hydroxyl groups excluding tert-OH is 8. The topological polar surface area (TPSA) is 287 Å². The van der Waals surface area contributed by atoms with Gasteiger partial charge in [0.25, 0.3) is 0 Å². The quantitative estimate of drug-likeness (QED) is 0.0375. The molecular weight excluding hydrogens is 796 g/mol. The molecule has 19 heteroatoms.